The van der Waals surface area contributed by atoms with Gasteiger partial charge in [-0.25, -0.2) is 22.8 Å². The van der Waals surface area contributed by atoms with E-state index in [-0.39, 0.29) is 89.5 Å². The highest BCUT2D eigenvalue weighted by Gasteiger charge is 2.41. The lowest BCUT2D eigenvalue weighted by Crippen LogP contribution is -2.37. The number of benzene rings is 3. The standard InChI is InChI=1S/C23H33FN2O5.C23H33FN2O4.C18H25FN2O2/c1-23(2,3)31-22(29)26-12-16(14-27)19(13-26)18-6-5-17(24)11-20(18)25-9-7-15(8-10-25)21(28)30-4;1-15-13-26(22(28)30-23(2,3)4)14-19(15)18-7-6-17(24)12-20(18)25-10-8-16(9-11-25)21(27)29-5;1-12-10-20-11-16(12)15-4-3-14(19)9-17(15)21-7-5-13(6-8-21)18(22)23-2/h5-6,11,15-16,19,27H,7-10,12-14H2,1-4H3;6-7,12,15-16,19H,8-11,13-14H2,1-5H3;3-4,9,12-13,16,20H,5-8,10-11H2,1-2H3/t16-,19+;15-,19-;12-,16-/m100/s1. The van der Waals surface area contributed by atoms with Crippen molar-refractivity contribution in [3.05, 3.63) is 88.7 Å². The van der Waals surface area contributed by atoms with Crippen molar-refractivity contribution in [1.29, 1.82) is 0 Å². The van der Waals surface area contributed by atoms with E-state index in [9.17, 15) is 42.3 Å². The van der Waals surface area contributed by atoms with Gasteiger partial charge in [-0.05, 0) is 152 Å². The van der Waals surface area contributed by atoms with Crippen LogP contribution in [0.4, 0.5) is 39.8 Å². The number of amides is 2. The molecule has 0 saturated carbocycles. The summed E-state index contributed by atoms with van der Waals surface area (Å²) in [6.45, 7) is 23.3. The molecule has 0 unspecified atom stereocenters. The van der Waals surface area contributed by atoms with E-state index in [1.54, 1.807) is 34.1 Å². The second-order valence-corrected chi connectivity index (χ2v) is 25.6. The molecular weight excluding hydrogens is 1090 g/mol. The van der Waals surface area contributed by atoms with Gasteiger partial charge in [-0.1, -0.05) is 32.0 Å². The summed E-state index contributed by atoms with van der Waals surface area (Å²) in [6, 6.07) is 14.7. The normalized spacial score (nSPS) is 23.5. The molecule has 6 saturated heterocycles. The summed E-state index contributed by atoms with van der Waals surface area (Å²) in [4.78, 5) is 70.3. The lowest BCUT2D eigenvalue weighted by molar-refractivity contribution is -0.146. The van der Waals surface area contributed by atoms with Gasteiger partial charge in [0.05, 0.1) is 39.1 Å². The van der Waals surface area contributed by atoms with Crippen LogP contribution in [0.2, 0.25) is 0 Å². The molecule has 0 bridgehead atoms. The Kier molecular flexibility index (Phi) is 22.3. The molecular formula is C64H91F3N6O11. The van der Waals surface area contributed by atoms with Gasteiger partial charge in [0.1, 0.15) is 28.7 Å². The van der Waals surface area contributed by atoms with E-state index >= 15 is 0 Å². The number of ether oxygens (including phenoxy) is 5. The average Bonchev–Trinajstić information content (AvgIpc) is 2.92. The van der Waals surface area contributed by atoms with Crippen molar-refractivity contribution in [3.63, 3.8) is 0 Å². The lowest BCUT2D eigenvalue weighted by Gasteiger charge is -2.35. The number of carbonyl (C=O) groups is 5. The van der Waals surface area contributed by atoms with E-state index in [4.69, 9.17) is 23.7 Å². The maximum Gasteiger partial charge on any atom is 0.410 e. The number of anilines is 3. The zero-order chi connectivity index (χ0) is 61.2. The van der Waals surface area contributed by atoms with E-state index in [2.05, 4.69) is 33.9 Å². The number of nitrogens with one attached hydrogen (secondary N) is 1. The summed E-state index contributed by atoms with van der Waals surface area (Å²) in [5.41, 5.74) is 4.65. The molecule has 20 heteroatoms. The summed E-state index contributed by atoms with van der Waals surface area (Å²) in [7, 11) is 4.25. The van der Waals surface area contributed by atoms with Crippen molar-refractivity contribution >= 4 is 47.2 Å². The van der Waals surface area contributed by atoms with E-state index in [0.29, 0.717) is 89.9 Å². The largest absolute Gasteiger partial charge is 0.469 e. The Morgan fingerprint density at radius 2 is 0.845 bits per heavy atom. The van der Waals surface area contributed by atoms with Crippen LogP contribution < -0.4 is 20.0 Å². The number of aliphatic hydroxyl groups excluding tert-OH is 1. The second kappa shape index (κ2) is 28.7. The summed E-state index contributed by atoms with van der Waals surface area (Å²) >= 11 is 0. The maximum absolute atomic E-state index is 14.2. The first-order valence-electron chi connectivity index (χ1n) is 30.0. The number of halogens is 3. The van der Waals surface area contributed by atoms with Crippen LogP contribution in [0.15, 0.2) is 54.6 Å². The molecule has 464 valence electrons. The third kappa shape index (κ3) is 16.8. The highest BCUT2D eigenvalue weighted by Crippen LogP contribution is 2.42. The molecule has 0 spiro atoms. The molecule has 0 aliphatic carbocycles. The van der Waals surface area contributed by atoms with Crippen molar-refractivity contribution in [2.45, 2.75) is 123 Å². The van der Waals surface area contributed by atoms with Gasteiger partial charge in [-0.3, -0.25) is 14.4 Å². The summed E-state index contributed by atoms with van der Waals surface area (Å²) < 4.78 is 67.8. The zero-order valence-corrected chi connectivity index (χ0v) is 51.2. The number of piperidine rings is 3. The molecule has 17 nitrogen and oxygen atoms in total. The minimum absolute atomic E-state index is 0.0275. The number of hydrogen-bond donors (Lipinski definition) is 2. The molecule has 9 rings (SSSR count). The van der Waals surface area contributed by atoms with Crippen LogP contribution in [-0.4, -0.2) is 163 Å². The molecule has 6 aliphatic rings. The highest BCUT2D eigenvalue weighted by atomic mass is 19.1. The van der Waals surface area contributed by atoms with Crippen LogP contribution in [0.3, 0.4) is 0 Å². The monoisotopic (exact) mass is 1180 g/mol. The summed E-state index contributed by atoms with van der Waals surface area (Å²) in [6.07, 6.45) is 3.47. The van der Waals surface area contributed by atoms with E-state index in [1.165, 1.54) is 45.1 Å². The van der Waals surface area contributed by atoms with Crippen LogP contribution in [0.1, 0.15) is 128 Å². The number of methoxy groups -OCH3 is 3. The third-order valence-corrected chi connectivity index (χ3v) is 17.4. The number of likely N-dealkylation sites (tertiary alicyclic amines) is 2. The van der Waals surface area contributed by atoms with Gasteiger partial charge in [-0.15, -0.1) is 0 Å². The smallest absolute Gasteiger partial charge is 0.410 e. The fourth-order valence-corrected chi connectivity index (χ4v) is 12.8. The Hall–Kier alpha value is -6.28. The van der Waals surface area contributed by atoms with Gasteiger partial charge < -0.3 is 58.6 Å². The highest BCUT2D eigenvalue weighted by molar-refractivity contribution is 5.75. The molecule has 2 N–H and O–H groups in total. The maximum atomic E-state index is 14.2. The van der Waals surface area contributed by atoms with Gasteiger partial charge in [0, 0.05) is 119 Å². The van der Waals surface area contributed by atoms with Crippen molar-refractivity contribution in [2.24, 2.45) is 35.5 Å². The van der Waals surface area contributed by atoms with E-state index in [1.807, 2.05) is 53.7 Å². The Bertz CT molecular complexity index is 2730. The SMILES string of the molecule is COC(=O)C1CCN(c2cc(F)ccc2[C@H]2CN(C(=O)OC(C)(C)C)C[C@@H]2C)CC1.COC(=O)C1CCN(c2cc(F)ccc2[C@H]2CN(C(=O)OC(C)(C)C)C[C@@H]2CO)CC1.COC(=O)C1CCN(c2cc(F)ccc2[C@H]2CNC[C@@H]2C)CC1. The van der Waals surface area contributed by atoms with Gasteiger partial charge in [0.2, 0.25) is 0 Å². The predicted molar refractivity (Wildman–Crippen MR) is 316 cm³/mol. The zero-order valence-electron chi connectivity index (χ0n) is 51.2. The minimum atomic E-state index is -0.602. The van der Waals surface area contributed by atoms with Crippen LogP contribution in [-0.2, 0) is 38.1 Å². The number of hydrogen-bond acceptors (Lipinski definition) is 15. The summed E-state index contributed by atoms with van der Waals surface area (Å²) in [5.74, 6) is -0.582. The lowest BCUT2D eigenvalue weighted by atomic mass is 9.87. The Morgan fingerprint density at radius 3 is 1.18 bits per heavy atom. The van der Waals surface area contributed by atoms with Crippen molar-refractivity contribution in [2.75, 3.05) is 121 Å². The molecule has 6 fully saturated rings. The van der Waals surface area contributed by atoms with Crippen molar-refractivity contribution in [1.82, 2.24) is 15.1 Å². The van der Waals surface area contributed by atoms with Gasteiger partial charge in [0.15, 0.2) is 0 Å². The molecule has 3 aromatic rings. The fraction of sp³-hybridized carbons (Fsp3) is 0.641. The fourth-order valence-electron chi connectivity index (χ4n) is 12.8. The number of carbonyl (C=O) groups excluding carboxylic acids is 5. The van der Waals surface area contributed by atoms with Gasteiger partial charge in [0.25, 0.3) is 0 Å². The molecule has 0 radical (unpaired) electrons. The minimum Gasteiger partial charge on any atom is -0.469 e. The first-order valence-corrected chi connectivity index (χ1v) is 30.0. The molecule has 6 aliphatic heterocycles. The van der Waals surface area contributed by atoms with Crippen molar-refractivity contribution < 1.29 is 65.9 Å². The third-order valence-electron chi connectivity index (χ3n) is 17.4. The molecule has 3 aromatic carbocycles. The van der Waals surface area contributed by atoms with Crippen molar-refractivity contribution in [3.8, 4) is 0 Å². The van der Waals surface area contributed by atoms with Crippen LogP contribution in [0.25, 0.3) is 0 Å². The van der Waals surface area contributed by atoms with Crippen LogP contribution in [0, 0.1) is 53.0 Å². The second-order valence-electron chi connectivity index (χ2n) is 25.6. The molecule has 84 heavy (non-hydrogen) atoms. The van der Waals surface area contributed by atoms with Crippen LogP contribution in [0.5, 0.6) is 0 Å². The molecule has 6 heterocycles. The number of nitrogens with zero attached hydrogens (tertiary/aromatic N) is 5. The number of rotatable bonds is 10. The quantitative estimate of drug-likeness (QED) is 0.145. The van der Waals surface area contributed by atoms with E-state index < -0.39 is 17.3 Å². The first-order chi connectivity index (χ1) is 39.8. The Balaban J connectivity index is 0.000000183. The topological polar surface area (TPSA) is 180 Å². The molecule has 2 amide bonds. The molecule has 6 atom stereocenters. The van der Waals surface area contributed by atoms with E-state index in [0.717, 1.165) is 67.2 Å². The predicted octanol–water partition coefficient (Wildman–Crippen LogP) is 9.88. The van der Waals surface area contributed by atoms with Gasteiger partial charge in [-0.2, -0.15) is 0 Å². The van der Waals surface area contributed by atoms with Crippen LogP contribution >= 0.6 is 0 Å². The average molecular weight is 1180 g/mol. The van der Waals surface area contributed by atoms with Gasteiger partial charge >= 0.3 is 30.1 Å². The molecule has 0 aromatic heterocycles. The number of aliphatic hydroxyl groups is 1. The Morgan fingerprint density at radius 1 is 0.500 bits per heavy atom. The number of esters is 3. The Labute approximate surface area is 494 Å². The first kappa shape index (κ1) is 65.3. The summed E-state index contributed by atoms with van der Waals surface area (Å²) in [5, 5.41) is 13.4.